The standard InChI is InChI=1S/C34H44N6O9/c1-37(2)22-15-20(23-6-5-18(48-23)16-40-9-7-39(8-10-40)11-12-41)28(42)25-19(22)13-17-14-21-27(38(3)4)30(44)26(33(35)47)32(46)34(21,49-36)31(45)24(17)29(25)43/h5-6,15,17,21,27,41-43,46H,7-14,16,36H2,1-4H3,(H2,35,47)/t17-,21-,27-,34-/m0/s1. The van der Waals surface area contributed by atoms with Crippen LogP contribution in [0, 0.1) is 11.8 Å². The van der Waals surface area contributed by atoms with Gasteiger partial charge in [-0.2, -0.15) is 0 Å². The van der Waals surface area contributed by atoms with Crippen molar-refractivity contribution in [3.63, 3.8) is 0 Å². The molecule has 2 aromatic rings. The maximum atomic E-state index is 14.5. The lowest BCUT2D eigenvalue weighted by atomic mass is 9.57. The Kier molecular flexibility index (Phi) is 9.11. The highest BCUT2D eigenvalue weighted by Gasteiger charge is 2.66. The first-order chi connectivity index (χ1) is 23.3. The van der Waals surface area contributed by atoms with Gasteiger partial charge in [-0.3, -0.25) is 33.9 Å². The third kappa shape index (κ3) is 5.41. The Morgan fingerprint density at radius 2 is 1.76 bits per heavy atom. The highest BCUT2D eigenvalue weighted by molar-refractivity contribution is 6.24. The van der Waals surface area contributed by atoms with Crippen molar-refractivity contribution in [3.05, 3.63) is 52.0 Å². The fourth-order valence-corrected chi connectivity index (χ4v) is 8.20. The van der Waals surface area contributed by atoms with Gasteiger partial charge < -0.3 is 35.5 Å². The average molecular weight is 681 g/mol. The number of phenolic OH excluding ortho intramolecular Hbond substituents is 1. The number of nitrogens with two attached hydrogens (primary N) is 2. The molecule has 6 rings (SSSR count). The van der Waals surface area contributed by atoms with Crippen LogP contribution in [-0.4, -0.2) is 132 Å². The molecule has 0 bridgehead atoms. The van der Waals surface area contributed by atoms with Gasteiger partial charge in [0.25, 0.3) is 5.91 Å². The number of carbonyl (C=O) groups is 3. The molecule has 1 saturated heterocycles. The van der Waals surface area contributed by atoms with Crippen LogP contribution >= 0.6 is 0 Å². The van der Waals surface area contributed by atoms with E-state index < -0.39 is 58.0 Å². The third-order valence-electron chi connectivity index (χ3n) is 10.5. The minimum Gasteiger partial charge on any atom is -0.508 e. The number of phenols is 1. The SMILES string of the molecule is CN(C)c1cc(-c2ccc(CN3CCN(CCO)CC3)o2)c(O)c2c1C[C@H]1C[C@H]3[C@H](N(C)C)C(=O)C(C(N)=O)=C(O)[C@@]3(ON)C(=O)C1=C2O. The molecule has 4 aliphatic rings. The Morgan fingerprint density at radius 3 is 2.35 bits per heavy atom. The molecule has 49 heavy (non-hydrogen) atoms. The second-order valence-corrected chi connectivity index (χ2v) is 13.7. The number of carbonyl (C=O) groups excluding carboxylic acids is 3. The largest absolute Gasteiger partial charge is 0.508 e. The molecule has 1 aliphatic heterocycles. The number of fused-ring (bicyclic) bond motifs is 3. The lowest BCUT2D eigenvalue weighted by Gasteiger charge is -2.51. The summed E-state index contributed by atoms with van der Waals surface area (Å²) < 4.78 is 6.22. The predicted molar refractivity (Wildman–Crippen MR) is 178 cm³/mol. The Balaban J connectivity index is 1.43. The molecule has 2 heterocycles. The maximum Gasteiger partial charge on any atom is 0.255 e. The number of rotatable bonds is 9. The second kappa shape index (κ2) is 12.9. The van der Waals surface area contributed by atoms with E-state index in [0.29, 0.717) is 41.4 Å². The normalized spacial score (nSPS) is 26.2. The number of nitrogens with zero attached hydrogens (tertiary/aromatic N) is 4. The van der Waals surface area contributed by atoms with Gasteiger partial charge in [0.15, 0.2) is 11.5 Å². The number of benzene rings is 1. The van der Waals surface area contributed by atoms with E-state index in [4.69, 9.17) is 20.9 Å². The van der Waals surface area contributed by atoms with Crippen LogP contribution in [0.25, 0.3) is 17.1 Å². The van der Waals surface area contributed by atoms with Crippen LogP contribution in [-0.2, 0) is 32.2 Å². The van der Waals surface area contributed by atoms with Crippen LogP contribution in [0.1, 0.15) is 23.3 Å². The van der Waals surface area contributed by atoms with Gasteiger partial charge in [0.1, 0.15) is 28.6 Å². The highest BCUT2D eigenvalue weighted by Crippen LogP contribution is 2.55. The zero-order chi connectivity index (χ0) is 35.5. The van der Waals surface area contributed by atoms with E-state index in [1.165, 1.54) is 4.90 Å². The van der Waals surface area contributed by atoms with Crippen LogP contribution in [0.3, 0.4) is 0 Å². The monoisotopic (exact) mass is 680 g/mol. The van der Waals surface area contributed by atoms with Crippen molar-refractivity contribution in [1.29, 1.82) is 0 Å². The summed E-state index contributed by atoms with van der Waals surface area (Å²) in [6.07, 6.45) is 0.268. The van der Waals surface area contributed by atoms with E-state index in [1.807, 2.05) is 25.1 Å². The maximum absolute atomic E-state index is 14.5. The van der Waals surface area contributed by atoms with Gasteiger partial charge in [-0.25, -0.2) is 5.90 Å². The lowest BCUT2D eigenvalue weighted by molar-refractivity contribution is -0.166. The number of anilines is 1. The molecule has 15 nitrogen and oxygen atoms in total. The summed E-state index contributed by atoms with van der Waals surface area (Å²) in [4.78, 5) is 53.5. The molecule has 15 heteroatoms. The summed E-state index contributed by atoms with van der Waals surface area (Å²) in [7, 11) is 6.84. The van der Waals surface area contributed by atoms with E-state index in [-0.39, 0.29) is 36.3 Å². The third-order valence-corrected chi connectivity index (χ3v) is 10.5. The smallest absolute Gasteiger partial charge is 0.255 e. The molecule has 1 amide bonds. The molecule has 0 spiro atoms. The van der Waals surface area contributed by atoms with Crippen molar-refractivity contribution >= 4 is 28.9 Å². The minimum atomic E-state index is -2.39. The summed E-state index contributed by atoms with van der Waals surface area (Å²) in [6, 6.07) is 4.26. The van der Waals surface area contributed by atoms with Crippen molar-refractivity contribution in [3.8, 4) is 17.1 Å². The zero-order valence-electron chi connectivity index (χ0n) is 28.1. The molecule has 3 aliphatic carbocycles. The average Bonchev–Trinajstić information content (AvgIpc) is 3.49. The van der Waals surface area contributed by atoms with Crippen molar-refractivity contribution in [2.45, 2.75) is 31.0 Å². The molecule has 0 unspecified atom stereocenters. The number of aromatic hydroxyl groups is 1. The molecule has 1 saturated carbocycles. The van der Waals surface area contributed by atoms with E-state index in [9.17, 15) is 34.8 Å². The van der Waals surface area contributed by atoms with Crippen molar-refractivity contribution < 1.29 is 44.1 Å². The van der Waals surface area contributed by atoms with Crippen molar-refractivity contribution in [1.82, 2.24) is 14.7 Å². The van der Waals surface area contributed by atoms with Crippen LogP contribution in [0.2, 0.25) is 0 Å². The summed E-state index contributed by atoms with van der Waals surface area (Å²) >= 11 is 0. The number of hydrogen-bond donors (Lipinski definition) is 6. The van der Waals surface area contributed by atoms with E-state index in [0.717, 1.165) is 26.2 Å². The number of aliphatic hydroxyl groups is 3. The van der Waals surface area contributed by atoms with Gasteiger partial charge in [0.2, 0.25) is 11.4 Å². The van der Waals surface area contributed by atoms with Gasteiger partial charge in [0.05, 0.1) is 30.3 Å². The molecule has 1 aromatic carbocycles. The number of ketones is 2. The van der Waals surface area contributed by atoms with E-state index >= 15 is 0 Å². The molecule has 8 N–H and O–H groups in total. The van der Waals surface area contributed by atoms with Crippen LogP contribution in [0.15, 0.2) is 39.5 Å². The zero-order valence-corrected chi connectivity index (χ0v) is 28.1. The van der Waals surface area contributed by atoms with E-state index in [2.05, 4.69) is 9.80 Å². The van der Waals surface area contributed by atoms with Crippen LogP contribution in [0.5, 0.6) is 5.75 Å². The first-order valence-electron chi connectivity index (χ1n) is 16.3. The predicted octanol–water partition coefficient (Wildman–Crippen LogP) is 0.298. The summed E-state index contributed by atoms with van der Waals surface area (Å²) in [6.45, 7) is 4.60. The van der Waals surface area contributed by atoms with Crippen molar-refractivity contribution in [2.75, 3.05) is 72.4 Å². The molecular weight excluding hydrogens is 636 g/mol. The molecule has 0 radical (unpaired) electrons. The van der Waals surface area contributed by atoms with Gasteiger partial charge in [-0.1, -0.05) is 0 Å². The number of aliphatic hydroxyl groups excluding tert-OH is 3. The Hall–Kier alpha value is -4.25. The summed E-state index contributed by atoms with van der Waals surface area (Å²) in [5.41, 5.74) is 3.76. The molecule has 4 atom stereocenters. The molecular formula is C34H44N6O9. The first-order valence-corrected chi connectivity index (χ1v) is 16.3. The van der Waals surface area contributed by atoms with E-state index in [1.54, 1.807) is 26.2 Å². The quantitative estimate of drug-likeness (QED) is 0.155. The summed E-state index contributed by atoms with van der Waals surface area (Å²) in [5, 5.41) is 44.3. The van der Waals surface area contributed by atoms with Gasteiger partial charge in [-0.15, -0.1) is 0 Å². The second-order valence-electron chi connectivity index (χ2n) is 13.7. The van der Waals surface area contributed by atoms with Crippen molar-refractivity contribution in [2.24, 2.45) is 23.5 Å². The number of piperazine rings is 1. The number of hydrogen-bond acceptors (Lipinski definition) is 14. The molecule has 1 aromatic heterocycles. The summed E-state index contributed by atoms with van der Waals surface area (Å²) in [5.74, 6) is 0.378. The van der Waals surface area contributed by atoms with Gasteiger partial charge in [0, 0.05) is 64.0 Å². The number of primary amides is 1. The number of Topliss-reactive ketones (excluding diaryl/α,β-unsaturated/α-hetero) is 2. The van der Waals surface area contributed by atoms with Crippen LogP contribution < -0.4 is 16.5 Å². The number of furan rings is 1. The molecule has 264 valence electrons. The Labute approximate surface area is 283 Å². The minimum absolute atomic E-state index is 0.0269. The van der Waals surface area contributed by atoms with Crippen LogP contribution in [0.4, 0.5) is 5.69 Å². The topological polar surface area (TPSA) is 219 Å². The Morgan fingerprint density at radius 1 is 1.08 bits per heavy atom. The molecule has 2 fully saturated rings. The number of β-amino-alcohol motifs (C(OH)–C–C–N with tert-alkyl or cyclic N) is 1. The lowest BCUT2D eigenvalue weighted by Crippen LogP contribution is -2.67. The Bertz CT molecular complexity index is 1760. The van der Waals surface area contributed by atoms with Gasteiger partial charge >= 0.3 is 0 Å². The number of amides is 1. The fourth-order valence-electron chi connectivity index (χ4n) is 8.20. The first kappa shape index (κ1) is 34.6. The highest BCUT2D eigenvalue weighted by atomic mass is 16.6. The van der Waals surface area contributed by atoms with Gasteiger partial charge in [-0.05, 0) is 56.6 Å². The fraction of sp³-hybridized carbons (Fsp3) is 0.500. The number of likely N-dealkylation sites (N-methyl/N-ethyl adjacent to an activating group) is 1.